The van der Waals surface area contributed by atoms with Gasteiger partial charge in [0.25, 0.3) is 0 Å². The summed E-state index contributed by atoms with van der Waals surface area (Å²) in [6.07, 6.45) is 7.20. The van der Waals surface area contributed by atoms with Crippen molar-refractivity contribution in [3.8, 4) is 0 Å². The van der Waals surface area contributed by atoms with Crippen molar-refractivity contribution >= 4 is 11.8 Å². The van der Waals surface area contributed by atoms with Crippen molar-refractivity contribution in [3.63, 3.8) is 0 Å². The molecule has 0 aliphatic heterocycles. The summed E-state index contributed by atoms with van der Waals surface area (Å²) in [5.41, 5.74) is -1.03. The summed E-state index contributed by atoms with van der Waals surface area (Å²) < 4.78 is 0. The summed E-state index contributed by atoms with van der Waals surface area (Å²) in [7, 11) is 0. The van der Waals surface area contributed by atoms with Gasteiger partial charge >= 0.3 is 5.97 Å². The summed E-state index contributed by atoms with van der Waals surface area (Å²) in [5.74, 6) is -0.924. The predicted octanol–water partition coefficient (Wildman–Crippen LogP) is 2.78. The number of aliphatic carboxylic acids is 1. The Kier molecular flexibility index (Phi) is 2.81. The fourth-order valence-electron chi connectivity index (χ4n) is 3.63. The van der Waals surface area contributed by atoms with Crippen molar-refractivity contribution in [1.82, 2.24) is 0 Å². The number of Topliss-reactive ketones (excluding diaryl/α,β-unsaturated/α-hetero) is 1. The number of hydrogen-bond acceptors (Lipinski definition) is 2. The van der Waals surface area contributed by atoms with Crippen LogP contribution in [0.5, 0.6) is 0 Å². The molecular weight excluding hydrogens is 204 g/mol. The zero-order chi connectivity index (χ0) is 11.8. The second kappa shape index (κ2) is 3.86. The summed E-state index contributed by atoms with van der Waals surface area (Å²) >= 11 is 0. The van der Waals surface area contributed by atoms with Crippen LogP contribution >= 0.6 is 0 Å². The Morgan fingerprint density at radius 3 is 2.38 bits per heavy atom. The van der Waals surface area contributed by atoms with Crippen molar-refractivity contribution in [2.45, 2.75) is 58.3 Å². The van der Waals surface area contributed by atoms with E-state index in [0.717, 1.165) is 25.7 Å². The molecule has 2 saturated carbocycles. The Labute approximate surface area is 96.2 Å². The molecule has 2 aliphatic carbocycles. The fourth-order valence-corrected chi connectivity index (χ4v) is 3.63. The van der Waals surface area contributed by atoms with E-state index in [1.807, 2.05) is 6.92 Å². The van der Waals surface area contributed by atoms with Crippen molar-refractivity contribution in [1.29, 1.82) is 0 Å². The average molecular weight is 224 g/mol. The van der Waals surface area contributed by atoms with Crippen LogP contribution in [0, 0.1) is 10.8 Å². The Hall–Kier alpha value is -0.860. The number of carboxylic acid groups (broad SMARTS) is 1. The largest absolute Gasteiger partial charge is 0.480 e. The molecule has 3 heteroatoms. The third-order valence-electron chi connectivity index (χ3n) is 4.67. The van der Waals surface area contributed by atoms with E-state index in [4.69, 9.17) is 0 Å². The molecule has 1 N–H and O–H groups in total. The first-order valence-corrected chi connectivity index (χ1v) is 6.31. The van der Waals surface area contributed by atoms with Crippen LogP contribution in [0.4, 0.5) is 0 Å². The Morgan fingerprint density at radius 1 is 1.31 bits per heavy atom. The van der Waals surface area contributed by atoms with E-state index in [1.54, 1.807) is 0 Å². The van der Waals surface area contributed by atoms with E-state index in [2.05, 4.69) is 0 Å². The minimum absolute atomic E-state index is 0.0237. The van der Waals surface area contributed by atoms with Crippen LogP contribution in [0.3, 0.4) is 0 Å². The molecule has 0 aromatic heterocycles. The zero-order valence-corrected chi connectivity index (χ0v) is 9.92. The first kappa shape index (κ1) is 11.6. The van der Waals surface area contributed by atoms with Gasteiger partial charge in [-0.15, -0.1) is 0 Å². The van der Waals surface area contributed by atoms with E-state index in [1.165, 1.54) is 6.42 Å². The van der Waals surface area contributed by atoms with Gasteiger partial charge in [-0.1, -0.05) is 26.2 Å². The van der Waals surface area contributed by atoms with Gasteiger partial charge in [0.15, 0.2) is 5.78 Å². The van der Waals surface area contributed by atoms with Crippen molar-refractivity contribution in [2.75, 3.05) is 0 Å². The smallest absolute Gasteiger partial charge is 0.317 e. The monoisotopic (exact) mass is 224 g/mol. The van der Waals surface area contributed by atoms with Crippen molar-refractivity contribution in [3.05, 3.63) is 0 Å². The summed E-state index contributed by atoms with van der Waals surface area (Å²) in [6.45, 7) is 1.83. The van der Waals surface area contributed by atoms with E-state index in [-0.39, 0.29) is 11.2 Å². The standard InChI is InChI=1S/C13H20O3/c1-2-13(11(15)16)9-12(8-10(13)14)6-4-3-5-7-12/h2-9H2,1H3,(H,15,16). The molecule has 0 bridgehead atoms. The SMILES string of the molecule is CCC1(C(=O)O)CC2(CCCCC2)CC1=O. The highest BCUT2D eigenvalue weighted by Gasteiger charge is 2.57. The minimum Gasteiger partial charge on any atom is -0.480 e. The second-order valence-corrected chi connectivity index (χ2v) is 5.58. The van der Waals surface area contributed by atoms with Crippen LogP contribution in [0.2, 0.25) is 0 Å². The molecule has 3 nitrogen and oxygen atoms in total. The molecule has 2 fully saturated rings. The Bertz CT molecular complexity index is 315. The highest BCUT2D eigenvalue weighted by atomic mass is 16.4. The molecule has 0 amide bonds. The summed E-state index contributed by atoms with van der Waals surface area (Å²) in [4.78, 5) is 23.4. The van der Waals surface area contributed by atoms with Gasteiger partial charge in [-0.2, -0.15) is 0 Å². The first-order chi connectivity index (χ1) is 7.55. The highest BCUT2D eigenvalue weighted by molar-refractivity contribution is 6.05. The molecule has 2 rings (SSSR count). The van der Waals surface area contributed by atoms with Crippen LogP contribution in [0.25, 0.3) is 0 Å². The van der Waals surface area contributed by atoms with Gasteiger partial charge in [0.05, 0.1) is 0 Å². The first-order valence-electron chi connectivity index (χ1n) is 6.31. The molecule has 1 atom stereocenters. The summed E-state index contributed by atoms with van der Waals surface area (Å²) in [5, 5.41) is 9.33. The third-order valence-corrected chi connectivity index (χ3v) is 4.67. The quantitative estimate of drug-likeness (QED) is 0.734. The lowest BCUT2D eigenvalue weighted by Gasteiger charge is -2.34. The van der Waals surface area contributed by atoms with Crippen LogP contribution < -0.4 is 0 Å². The van der Waals surface area contributed by atoms with E-state index >= 15 is 0 Å². The lowest BCUT2D eigenvalue weighted by atomic mass is 9.70. The average Bonchev–Trinajstić information content (AvgIpc) is 2.53. The topological polar surface area (TPSA) is 54.4 Å². The number of rotatable bonds is 2. The van der Waals surface area contributed by atoms with Gasteiger partial charge in [0, 0.05) is 6.42 Å². The zero-order valence-electron chi connectivity index (χ0n) is 9.92. The Balaban J connectivity index is 2.25. The van der Waals surface area contributed by atoms with Gasteiger partial charge in [-0.25, -0.2) is 0 Å². The van der Waals surface area contributed by atoms with Gasteiger partial charge in [-0.05, 0) is 31.1 Å². The Morgan fingerprint density at radius 2 is 1.94 bits per heavy atom. The summed E-state index contributed by atoms with van der Waals surface area (Å²) in [6, 6.07) is 0. The van der Waals surface area contributed by atoms with Crippen molar-refractivity contribution in [2.24, 2.45) is 10.8 Å². The van der Waals surface area contributed by atoms with E-state index in [9.17, 15) is 14.7 Å². The van der Waals surface area contributed by atoms with Gasteiger partial charge in [-0.3, -0.25) is 9.59 Å². The highest BCUT2D eigenvalue weighted by Crippen LogP contribution is 2.55. The minimum atomic E-state index is -1.06. The molecule has 2 aliphatic rings. The van der Waals surface area contributed by atoms with Crippen LogP contribution in [0.1, 0.15) is 58.3 Å². The molecule has 0 aromatic carbocycles. The molecular formula is C13H20O3. The maximum atomic E-state index is 12.1. The molecule has 0 heterocycles. The lowest BCUT2D eigenvalue weighted by Crippen LogP contribution is -2.35. The number of carboxylic acids is 1. The maximum Gasteiger partial charge on any atom is 0.317 e. The van der Waals surface area contributed by atoms with Crippen LogP contribution in [-0.4, -0.2) is 16.9 Å². The molecule has 0 aromatic rings. The molecule has 16 heavy (non-hydrogen) atoms. The number of ketones is 1. The molecule has 0 saturated heterocycles. The van der Waals surface area contributed by atoms with E-state index < -0.39 is 11.4 Å². The number of hydrogen-bond donors (Lipinski definition) is 1. The lowest BCUT2D eigenvalue weighted by molar-refractivity contribution is -0.153. The predicted molar refractivity (Wildman–Crippen MR) is 60.1 cm³/mol. The third kappa shape index (κ3) is 1.57. The van der Waals surface area contributed by atoms with Crippen LogP contribution in [0.15, 0.2) is 0 Å². The fraction of sp³-hybridized carbons (Fsp3) is 0.846. The molecule has 90 valence electrons. The molecule has 0 radical (unpaired) electrons. The van der Waals surface area contributed by atoms with E-state index in [0.29, 0.717) is 19.3 Å². The van der Waals surface area contributed by atoms with Gasteiger partial charge < -0.3 is 5.11 Å². The molecule has 1 spiro atoms. The van der Waals surface area contributed by atoms with Gasteiger partial charge in [0.2, 0.25) is 0 Å². The maximum absolute atomic E-state index is 12.1. The number of carbonyl (C=O) groups excluding carboxylic acids is 1. The normalized spacial score (nSPS) is 33.2. The molecule has 1 unspecified atom stereocenters. The second-order valence-electron chi connectivity index (χ2n) is 5.58. The van der Waals surface area contributed by atoms with Crippen molar-refractivity contribution < 1.29 is 14.7 Å². The number of carbonyl (C=O) groups is 2. The van der Waals surface area contributed by atoms with Gasteiger partial charge in [0.1, 0.15) is 5.41 Å². The van der Waals surface area contributed by atoms with Crippen LogP contribution in [-0.2, 0) is 9.59 Å².